The maximum atomic E-state index is 13.2. The van der Waals surface area contributed by atoms with E-state index in [0.29, 0.717) is 6.20 Å². The van der Waals surface area contributed by atoms with E-state index in [-0.39, 0.29) is 0 Å². The van der Waals surface area contributed by atoms with Gasteiger partial charge in [0, 0.05) is 6.20 Å². The summed E-state index contributed by atoms with van der Waals surface area (Å²) in [6, 6.07) is 0. The molecule has 0 amide bonds. The number of nitrogens with zero attached hydrogens (tertiary/aromatic N) is 1. The maximum absolute atomic E-state index is 13.2. The summed E-state index contributed by atoms with van der Waals surface area (Å²) in [6.45, 7) is 0. The van der Waals surface area contributed by atoms with Crippen LogP contribution in [-0.2, 0) is 4.74 Å². The predicted molar refractivity (Wildman–Crippen MR) is 40.4 cm³/mol. The molecule has 0 saturated carbocycles. The quantitative estimate of drug-likeness (QED) is 0.437. The van der Waals surface area contributed by atoms with Crippen molar-refractivity contribution in [3.63, 3.8) is 0 Å². The van der Waals surface area contributed by atoms with Crippen LogP contribution in [0.15, 0.2) is 6.20 Å². The molecule has 0 radical (unpaired) electrons. The Morgan fingerprint density at radius 3 is 2.53 bits per heavy atom. The van der Waals surface area contributed by atoms with Crippen LogP contribution in [0, 0.1) is 11.8 Å². The number of carbonyl (C=O) groups is 1. The van der Waals surface area contributed by atoms with Crippen molar-refractivity contribution in [3.8, 4) is 0 Å². The van der Waals surface area contributed by atoms with Gasteiger partial charge in [0.25, 0.3) is 6.43 Å². The number of halogens is 4. The monoisotopic (exact) mass is 223 g/mol. The lowest BCUT2D eigenvalue weighted by molar-refractivity contribution is 0.0586. The number of rotatable bonds is 2. The van der Waals surface area contributed by atoms with Crippen LogP contribution >= 0.6 is 0 Å². The normalized spacial score (nSPS) is 10.5. The summed E-state index contributed by atoms with van der Waals surface area (Å²) in [5.74, 6) is -4.52. The first-order valence-electron chi connectivity index (χ1n) is 3.69. The van der Waals surface area contributed by atoms with Crippen molar-refractivity contribution in [2.75, 3.05) is 7.11 Å². The molecular weight excluding hydrogens is 218 g/mol. The third kappa shape index (κ3) is 2.05. The molecule has 0 unspecified atom stereocenters. The Kier molecular flexibility index (Phi) is 3.23. The third-order valence-electron chi connectivity index (χ3n) is 1.62. The lowest BCUT2D eigenvalue weighted by Crippen LogP contribution is -2.11. The Morgan fingerprint density at radius 1 is 1.47 bits per heavy atom. The van der Waals surface area contributed by atoms with E-state index in [1.807, 2.05) is 0 Å². The molecule has 0 atom stereocenters. The van der Waals surface area contributed by atoms with Crippen molar-refractivity contribution in [1.82, 2.24) is 4.98 Å². The van der Waals surface area contributed by atoms with Gasteiger partial charge >= 0.3 is 5.97 Å². The molecule has 0 aliphatic carbocycles. The van der Waals surface area contributed by atoms with Gasteiger partial charge in [-0.1, -0.05) is 0 Å². The summed E-state index contributed by atoms with van der Waals surface area (Å²) in [7, 11) is 0.871. The van der Waals surface area contributed by atoms with Crippen LogP contribution < -0.4 is 0 Å². The highest BCUT2D eigenvalue weighted by Gasteiger charge is 2.25. The molecule has 1 aromatic rings. The third-order valence-corrected chi connectivity index (χ3v) is 1.62. The molecule has 0 aliphatic rings. The SMILES string of the molecule is COC(=O)c1c(F)ncc(C(F)F)c1F. The zero-order valence-corrected chi connectivity index (χ0v) is 7.43. The minimum Gasteiger partial charge on any atom is -0.465 e. The molecule has 15 heavy (non-hydrogen) atoms. The van der Waals surface area contributed by atoms with Gasteiger partial charge in [0.15, 0.2) is 11.4 Å². The van der Waals surface area contributed by atoms with E-state index < -0.39 is 35.3 Å². The number of ether oxygens (including phenoxy) is 1. The molecule has 7 heteroatoms. The van der Waals surface area contributed by atoms with E-state index in [0.717, 1.165) is 7.11 Å². The van der Waals surface area contributed by atoms with E-state index >= 15 is 0 Å². The van der Waals surface area contributed by atoms with E-state index in [4.69, 9.17) is 0 Å². The Labute approximate surface area is 81.7 Å². The van der Waals surface area contributed by atoms with Gasteiger partial charge < -0.3 is 4.74 Å². The van der Waals surface area contributed by atoms with Crippen LogP contribution in [0.25, 0.3) is 0 Å². The fourth-order valence-corrected chi connectivity index (χ4v) is 0.910. The summed E-state index contributed by atoms with van der Waals surface area (Å²) >= 11 is 0. The maximum Gasteiger partial charge on any atom is 0.345 e. The molecule has 3 nitrogen and oxygen atoms in total. The zero-order valence-electron chi connectivity index (χ0n) is 7.43. The van der Waals surface area contributed by atoms with E-state index in [2.05, 4.69) is 9.72 Å². The molecule has 0 bridgehead atoms. The first-order chi connectivity index (χ1) is 6.99. The highest BCUT2D eigenvalue weighted by Crippen LogP contribution is 2.24. The summed E-state index contributed by atoms with van der Waals surface area (Å²) in [6.07, 6.45) is -2.84. The number of alkyl halides is 2. The molecule has 0 fully saturated rings. The van der Waals surface area contributed by atoms with Crippen molar-refractivity contribution in [2.24, 2.45) is 0 Å². The molecule has 1 aromatic heterocycles. The number of aromatic nitrogens is 1. The minimum absolute atomic E-state index is 0.335. The number of carbonyl (C=O) groups excluding carboxylic acids is 1. The number of esters is 1. The summed E-state index contributed by atoms with van der Waals surface area (Å²) in [4.78, 5) is 13.7. The predicted octanol–water partition coefficient (Wildman–Crippen LogP) is 2.08. The summed E-state index contributed by atoms with van der Waals surface area (Å²) in [5, 5.41) is 0. The number of hydrogen-bond acceptors (Lipinski definition) is 3. The smallest absolute Gasteiger partial charge is 0.345 e. The van der Waals surface area contributed by atoms with Gasteiger partial charge in [-0.25, -0.2) is 22.9 Å². The highest BCUT2D eigenvalue weighted by atomic mass is 19.3. The van der Waals surface area contributed by atoms with Crippen molar-refractivity contribution in [2.45, 2.75) is 6.43 Å². The van der Waals surface area contributed by atoms with Crippen LogP contribution in [-0.4, -0.2) is 18.1 Å². The minimum atomic E-state index is -3.18. The van der Waals surface area contributed by atoms with Gasteiger partial charge in [0.2, 0.25) is 5.95 Å². The van der Waals surface area contributed by atoms with E-state index in [9.17, 15) is 22.4 Å². The molecule has 0 aliphatic heterocycles. The Balaban J connectivity index is 3.36. The molecule has 0 aromatic carbocycles. The van der Waals surface area contributed by atoms with Crippen molar-refractivity contribution in [3.05, 3.63) is 29.1 Å². The number of pyridine rings is 1. The van der Waals surface area contributed by atoms with Crippen LogP contribution in [0.4, 0.5) is 17.6 Å². The Bertz CT molecular complexity index is 394. The Hall–Kier alpha value is -1.66. The average Bonchev–Trinajstić information content (AvgIpc) is 2.16. The van der Waals surface area contributed by atoms with Gasteiger partial charge in [0.05, 0.1) is 12.7 Å². The van der Waals surface area contributed by atoms with E-state index in [1.165, 1.54) is 0 Å². The van der Waals surface area contributed by atoms with Crippen LogP contribution in [0.3, 0.4) is 0 Å². The fourth-order valence-electron chi connectivity index (χ4n) is 0.910. The second-order valence-corrected chi connectivity index (χ2v) is 2.49. The number of methoxy groups -OCH3 is 1. The second kappa shape index (κ2) is 4.24. The summed E-state index contributed by atoms with van der Waals surface area (Å²) in [5.41, 5.74) is -2.35. The zero-order chi connectivity index (χ0) is 11.6. The van der Waals surface area contributed by atoms with Gasteiger partial charge in [-0.2, -0.15) is 4.39 Å². The van der Waals surface area contributed by atoms with Crippen molar-refractivity contribution in [1.29, 1.82) is 0 Å². The highest BCUT2D eigenvalue weighted by molar-refractivity contribution is 5.89. The van der Waals surface area contributed by atoms with Crippen molar-refractivity contribution < 1.29 is 27.1 Å². The van der Waals surface area contributed by atoms with Gasteiger partial charge in [-0.3, -0.25) is 0 Å². The molecular formula is C8H5F4NO2. The second-order valence-electron chi connectivity index (χ2n) is 2.49. The summed E-state index contributed by atoms with van der Waals surface area (Å²) < 4.78 is 54.3. The molecule has 0 saturated heterocycles. The lowest BCUT2D eigenvalue weighted by Gasteiger charge is -2.06. The van der Waals surface area contributed by atoms with Gasteiger partial charge in [-0.05, 0) is 0 Å². The average molecular weight is 223 g/mol. The molecule has 0 spiro atoms. The Morgan fingerprint density at radius 2 is 2.07 bits per heavy atom. The molecule has 82 valence electrons. The standard InChI is InChI=1S/C8H5F4NO2/c1-15-8(14)4-5(9)3(6(10)11)2-13-7(4)12/h2,6H,1H3. The van der Waals surface area contributed by atoms with Gasteiger partial charge in [-0.15, -0.1) is 0 Å². The number of hydrogen-bond donors (Lipinski definition) is 0. The van der Waals surface area contributed by atoms with Crippen LogP contribution in [0.2, 0.25) is 0 Å². The fraction of sp³-hybridized carbons (Fsp3) is 0.250. The van der Waals surface area contributed by atoms with Crippen molar-refractivity contribution >= 4 is 5.97 Å². The largest absolute Gasteiger partial charge is 0.465 e. The van der Waals surface area contributed by atoms with E-state index in [1.54, 1.807) is 0 Å². The first kappa shape index (κ1) is 11.4. The molecule has 1 rings (SSSR count). The van der Waals surface area contributed by atoms with Crippen LogP contribution in [0.5, 0.6) is 0 Å². The molecule has 1 heterocycles. The van der Waals surface area contributed by atoms with Gasteiger partial charge in [0.1, 0.15) is 0 Å². The lowest BCUT2D eigenvalue weighted by atomic mass is 10.2. The first-order valence-corrected chi connectivity index (χ1v) is 3.69. The topological polar surface area (TPSA) is 39.2 Å². The van der Waals surface area contributed by atoms with Crippen LogP contribution in [0.1, 0.15) is 22.3 Å². The molecule has 0 N–H and O–H groups in total.